The fourth-order valence-corrected chi connectivity index (χ4v) is 2.65. The van der Waals surface area contributed by atoms with Crippen LogP contribution in [0.25, 0.3) is 22.4 Å². The molecule has 1 heterocycles. The predicted molar refractivity (Wildman–Crippen MR) is 94.3 cm³/mol. The lowest BCUT2D eigenvalue weighted by Gasteiger charge is -2.10. The van der Waals surface area contributed by atoms with E-state index in [1.807, 2.05) is 30.3 Å². The van der Waals surface area contributed by atoms with Gasteiger partial charge in [0.1, 0.15) is 17.5 Å². The summed E-state index contributed by atoms with van der Waals surface area (Å²) in [5, 5.41) is 10.6. The van der Waals surface area contributed by atoms with E-state index in [9.17, 15) is 5.26 Å². The van der Waals surface area contributed by atoms with Crippen molar-refractivity contribution in [1.82, 2.24) is 4.98 Å². The minimum Gasteiger partial charge on any atom is -0.383 e. The van der Waals surface area contributed by atoms with Gasteiger partial charge >= 0.3 is 0 Å². The van der Waals surface area contributed by atoms with E-state index in [4.69, 9.17) is 28.9 Å². The van der Waals surface area contributed by atoms with Gasteiger partial charge in [-0.2, -0.15) is 5.26 Å². The van der Waals surface area contributed by atoms with Crippen LogP contribution in [-0.4, -0.2) is 4.98 Å². The number of nitrogen functional groups attached to an aromatic ring is 1. The standard InChI is InChI=1S/C18H11Cl2N3/c19-13-6-4-11(5-7-13)17-9-15(16(10-21)18(22)23-17)12-2-1-3-14(20)8-12/h1-9H,(H2,22,23). The molecule has 0 aliphatic carbocycles. The monoisotopic (exact) mass is 339 g/mol. The Morgan fingerprint density at radius 1 is 0.913 bits per heavy atom. The lowest BCUT2D eigenvalue weighted by atomic mass is 9.98. The Morgan fingerprint density at radius 2 is 1.65 bits per heavy atom. The van der Waals surface area contributed by atoms with Crippen molar-refractivity contribution in [2.75, 3.05) is 5.73 Å². The van der Waals surface area contributed by atoms with Gasteiger partial charge in [0.2, 0.25) is 0 Å². The molecule has 5 heteroatoms. The molecule has 0 spiro atoms. The first-order valence-electron chi connectivity index (χ1n) is 6.81. The molecule has 0 radical (unpaired) electrons. The Bertz CT molecular complexity index is 913. The third kappa shape index (κ3) is 3.14. The molecule has 3 aromatic rings. The van der Waals surface area contributed by atoms with Crippen LogP contribution in [-0.2, 0) is 0 Å². The number of rotatable bonds is 2. The summed E-state index contributed by atoms with van der Waals surface area (Å²) in [6, 6.07) is 18.5. The lowest BCUT2D eigenvalue weighted by Crippen LogP contribution is -1.99. The van der Waals surface area contributed by atoms with Gasteiger partial charge < -0.3 is 5.73 Å². The molecule has 2 aromatic carbocycles. The Balaban J connectivity index is 2.22. The molecule has 0 aliphatic rings. The second kappa shape index (κ2) is 6.29. The molecule has 0 saturated heterocycles. The maximum Gasteiger partial charge on any atom is 0.142 e. The number of hydrogen-bond donors (Lipinski definition) is 1. The molecule has 0 bridgehead atoms. The Kier molecular flexibility index (Phi) is 4.20. The molecule has 0 unspecified atom stereocenters. The molecule has 23 heavy (non-hydrogen) atoms. The average Bonchev–Trinajstić information content (AvgIpc) is 2.55. The number of pyridine rings is 1. The van der Waals surface area contributed by atoms with Crippen molar-refractivity contribution in [2.24, 2.45) is 0 Å². The van der Waals surface area contributed by atoms with E-state index in [0.29, 0.717) is 26.9 Å². The number of anilines is 1. The van der Waals surface area contributed by atoms with E-state index in [-0.39, 0.29) is 5.82 Å². The van der Waals surface area contributed by atoms with E-state index in [1.54, 1.807) is 24.3 Å². The summed E-state index contributed by atoms with van der Waals surface area (Å²) in [5.41, 5.74) is 9.38. The van der Waals surface area contributed by atoms with Crippen LogP contribution in [0, 0.1) is 11.3 Å². The van der Waals surface area contributed by atoms with Crippen molar-refractivity contribution in [3.8, 4) is 28.5 Å². The fraction of sp³-hybridized carbons (Fsp3) is 0. The average molecular weight is 340 g/mol. The van der Waals surface area contributed by atoms with Crippen molar-refractivity contribution in [2.45, 2.75) is 0 Å². The SMILES string of the molecule is N#Cc1c(-c2cccc(Cl)c2)cc(-c2ccc(Cl)cc2)nc1N. The van der Waals surface area contributed by atoms with Crippen LogP contribution in [0.15, 0.2) is 54.6 Å². The highest BCUT2D eigenvalue weighted by molar-refractivity contribution is 6.31. The van der Waals surface area contributed by atoms with Gasteiger partial charge in [-0.3, -0.25) is 0 Å². The van der Waals surface area contributed by atoms with Crippen molar-refractivity contribution >= 4 is 29.0 Å². The summed E-state index contributed by atoms with van der Waals surface area (Å²) in [6.45, 7) is 0. The summed E-state index contributed by atoms with van der Waals surface area (Å²) >= 11 is 12.0. The van der Waals surface area contributed by atoms with Crippen LogP contribution >= 0.6 is 23.2 Å². The van der Waals surface area contributed by atoms with Crippen LogP contribution in [0.4, 0.5) is 5.82 Å². The molecule has 0 saturated carbocycles. The van der Waals surface area contributed by atoms with Crippen LogP contribution in [0.2, 0.25) is 10.0 Å². The minimum atomic E-state index is 0.190. The smallest absolute Gasteiger partial charge is 0.142 e. The van der Waals surface area contributed by atoms with Crippen LogP contribution < -0.4 is 5.73 Å². The maximum atomic E-state index is 9.41. The van der Waals surface area contributed by atoms with E-state index >= 15 is 0 Å². The summed E-state index contributed by atoms with van der Waals surface area (Å²) in [7, 11) is 0. The molecule has 0 aliphatic heterocycles. The maximum absolute atomic E-state index is 9.41. The first-order valence-corrected chi connectivity index (χ1v) is 7.56. The number of halogens is 2. The first-order chi connectivity index (χ1) is 11.1. The molecule has 112 valence electrons. The van der Waals surface area contributed by atoms with Crippen molar-refractivity contribution in [1.29, 1.82) is 5.26 Å². The van der Waals surface area contributed by atoms with Crippen molar-refractivity contribution in [3.63, 3.8) is 0 Å². The minimum absolute atomic E-state index is 0.190. The highest BCUT2D eigenvalue weighted by atomic mass is 35.5. The van der Waals surface area contributed by atoms with Gasteiger partial charge in [-0.05, 0) is 35.9 Å². The third-order valence-electron chi connectivity index (χ3n) is 3.43. The zero-order valence-corrected chi connectivity index (χ0v) is 13.4. The number of hydrogen-bond acceptors (Lipinski definition) is 3. The first kappa shape index (κ1) is 15.4. The van der Waals surface area contributed by atoms with Gasteiger partial charge in [-0.25, -0.2) is 4.98 Å². The van der Waals surface area contributed by atoms with E-state index < -0.39 is 0 Å². The number of aromatic nitrogens is 1. The summed E-state index contributed by atoms with van der Waals surface area (Å²) in [4.78, 5) is 4.33. The molecular weight excluding hydrogens is 329 g/mol. The summed E-state index contributed by atoms with van der Waals surface area (Å²) in [6.07, 6.45) is 0. The van der Waals surface area contributed by atoms with E-state index in [2.05, 4.69) is 11.1 Å². The molecule has 2 N–H and O–H groups in total. The highest BCUT2D eigenvalue weighted by Crippen LogP contribution is 2.32. The van der Waals surface area contributed by atoms with Gasteiger partial charge in [0, 0.05) is 21.2 Å². The molecule has 0 amide bonds. The quantitative estimate of drug-likeness (QED) is 0.699. The Morgan fingerprint density at radius 3 is 2.30 bits per heavy atom. The zero-order chi connectivity index (χ0) is 16.4. The van der Waals surface area contributed by atoms with Crippen LogP contribution in [0.5, 0.6) is 0 Å². The highest BCUT2D eigenvalue weighted by Gasteiger charge is 2.13. The number of nitrogens with two attached hydrogens (primary N) is 1. The van der Waals surface area contributed by atoms with Crippen molar-refractivity contribution < 1.29 is 0 Å². The summed E-state index contributed by atoms with van der Waals surface area (Å²) in [5.74, 6) is 0.190. The Labute approximate surface area is 143 Å². The molecule has 3 rings (SSSR count). The number of benzene rings is 2. The van der Waals surface area contributed by atoms with E-state index in [1.165, 1.54) is 0 Å². The second-order valence-electron chi connectivity index (χ2n) is 4.94. The lowest BCUT2D eigenvalue weighted by molar-refractivity contribution is 1.31. The summed E-state index contributed by atoms with van der Waals surface area (Å²) < 4.78 is 0. The molecule has 0 atom stereocenters. The molecule has 1 aromatic heterocycles. The second-order valence-corrected chi connectivity index (χ2v) is 5.82. The fourth-order valence-electron chi connectivity index (χ4n) is 2.33. The molecular formula is C18H11Cl2N3. The van der Waals surface area contributed by atoms with Gasteiger partial charge in [0.25, 0.3) is 0 Å². The normalized spacial score (nSPS) is 10.3. The van der Waals surface area contributed by atoms with E-state index in [0.717, 1.165) is 11.1 Å². The molecule has 3 nitrogen and oxygen atoms in total. The predicted octanol–water partition coefficient (Wildman–Crippen LogP) is 5.18. The number of nitriles is 1. The topological polar surface area (TPSA) is 62.7 Å². The van der Waals surface area contributed by atoms with Gasteiger partial charge in [-0.1, -0.05) is 47.5 Å². The van der Waals surface area contributed by atoms with Gasteiger partial charge in [-0.15, -0.1) is 0 Å². The van der Waals surface area contributed by atoms with Crippen molar-refractivity contribution in [3.05, 3.63) is 70.2 Å². The number of nitrogens with zero attached hydrogens (tertiary/aromatic N) is 2. The van der Waals surface area contributed by atoms with Crippen LogP contribution in [0.3, 0.4) is 0 Å². The van der Waals surface area contributed by atoms with Crippen LogP contribution in [0.1, 0.15) is 5.56 Å². The zero-order valence-electron chi connectivity index (χ0n) is 11.9. The molecule has 0 fully saturated rings. The van der Waals surface area contributed by atoms with Gasteiger partial charge in [0.05, 0.1) is 5.69 Å². The Hall–Kier alpha value is -2.54. The largest absolute Gasteiger partial charge is 0.383 e. The third-order valence-corrected chi connectivity index (χ3v) is 3.92. The van der Waals surface area contributed by atoms with Gasteiger partial charge in [0.15, 0.2) is 0 Å².